The van der Waals surface area contributed by atoms with Crippen molar-refractivity contribution in [2.45, 2.75) is 13.8 Å². The molecular formula is C17H18N2O4S. The molecule has 2 rings (SSSR count). The second-order valence-electron chi connectivity index (χ2n) is 4.88. The molecule has 1 aliphatic rings. The molecule has 0 radical (unpaired) electrons. The maximum Gasteiger partial charge on any atom is 0.274 e. The van der Waals surface area contributed by atoms with Gasteiger partial charge in [-0.25, -0.2) is 0 Å². The van der Waals surface area contributed by atoms with Crippen LogP contribution in [0.25, 0.3) is 6.08 Å². The first-order valence-electron chi connectivity index (χ1n) is 7.36. The highest BCUT2D eigenvalue weighted by Crippen LogP contribution is 2.30. The average Bonchev–Trinajstić information content (AvgIpc) is 2.81. The van der Waals surface area contributed by atoms with E-state index in [0.717, 1.165) is 0 Å². The fourth-order valence-electron chi connectivity index (χ4n) is 2.18. The quantitative estimate of drug-likeness (QED) is 0.486. The van der Waals surface area contributed by atoms with Crippen molar-refractivity contribution < 1.29 is 19.1 Å². The number of carbonyl (C=O) groups is 2. The van der Waals surface area contributed by atoms with Crippen LogP contribution in [-0.2, 0) is 9.59 Å². The van der Waals surface area contributed by atoms with Gasteiger partial charge in [0, 0.05) is 6.92 Å². The van der Waals surface area contributed by atoms with Crippen LogP contribution >= 0.6 is 12.2 Å². The molecule has 1 aliphatic heterocycles. The fourth-order valence-corrected chi connectivity index (χ4v) is 2.50. The van der Waals surface area contributed by atoms with Crippen LogP contribution in [0.3, 0.4) is 0 Å². The van der Waals surface area contributed by atoms with Gasteiger partial charge in [0.1, 0.15) is 12.3 Å². The molecule has 0 aromatic heterocycles. The molecule has 0 aliphatic carbocycles. The van der Waals surface area contributed by atoms with Gasteiger partial charge in [-0.05, 0) is 42.9 Å². The Morgan fingerprint density at radius 3 is 2.75 bits per heavy atom. The molecule has 6 nitrogen and oxygen atoms in total. The number of nitrogens with zero attached hydrogens (tertiary/aromatic N) is 1. The van der Waals surface area contributed by atoms with Crippen LogP contribution in [-0.4, -0.2) is 35.0 Å². The highest BCUT2D eigenvalue weighted by Gasteiger charge is 2.32. The summed E-state index contributed by atoms with van der Waals surface area (Å²) in [6, 6.07) is 5.24. The van der Waals surface area contributed by atoms with E-state index in [1.807, 2.05) is 6.92 Å². The molecule has 1 aromatic carbocycles. The Morgan fingerprint density at radius 1 is 1.38 bits per heavy atom. The van der Waals surface area contributed by atoms with Gasteiger partial charge in [-0.3, -0.25) is 19.8 Å². The van der Waals surface area contributed by atoms with Crippen molar-refractivity contribution in [2.24, 2.45) is 0 Å². The molecule has 1 fully saturated rings. The average molecular weight is 346 g/mol. The highest BCUT2D eigenvalue weighted by atomic mass is 32.1. The minimum Gasteiger partial charge on any atom is -0.490 e. The van der Waals surface area contributed by atoms with E-state index < -0.39 is 5.91 Å². The van der Waals surface area contributed by atoms with Crippen LogP contribution < -0.4 is 14.8 Å². The topological polar surface area (TPSA) is 67.9 Å². The second kappa shape index (κ2) is 7.74. The van der Waals surface area contributed by atoms with Crippen LogP contribution in [0.4, 0.5) is 0 Å². The first-order valence-corrected chi connectivity index (χ1v) is 7.77. The molecule has 1 aromatic rings. The van der Waals surface area contributed by atoms with Gasteiger partial charge < -0.3 is 9.47 Å². The first-order chi connectivity index (χ1) is 11.5. The van der Waals surface area contributed by atoms with Crippen molar-refractivity contribution in [2.75, 3.05) is 13.2 Å². The zero-order chi connectivity index (χ0) is 17.7. The van der Waals surface area contributed by atoms with Crippen molar-refractivity contribution in [3.05, 3.63) is 42.1 Å². The van der Waals surface area contributed by atoms with Crippen molar-refractivity contribution in [1.29, 1.82) is 0 Å². The Morgan fingerprint density at radius 2 is 2.12 bits per heavy atom. The minimum atomic E-state index is -0.417. The third kappa shape index (κ3) is 3.80. The van der Waals surface area contributed by atoms with Gasteiger partial charge in [0.2, 0.25) is 5.91 Å². The molecule has 24 heavy (non-hydrogen) atoms. The number of ether oxygens (including phenoxy) is 2. The summed E-state index contributed by atoms with van der Waals surface area (Å²) in [6.07, 6.45) is 3.22. The molecule has 126 valence electrons. The van der Waals surface area contributed by atoms with Crippen LogP contribution in [0, 0.1) is 0 Å². The number of carbonyl (C=O) groups excluding carboxylic acids is 2. The molecule has 0 unspecified atom stereocenters. The van der Waals surface area contributed by atoms with Crippen molar-refractivity contribution >= 4 is 35.2 Å². The number of rotatable bonds is 6. The zero-order valence-corrected chi connectivity index (χ0v) is 14.3. The summed E-state index contributed by atoms with van der Waals surface area (Å²) in [5.74, 6) is 0.374. The number of amides is 2. The lowest BCUT2D eigenvalue weighted by molar-refractivity contribution is -0.125. The summed E-state index contributed by atoms with van der Waals surface area (Å²) >= 11 is 5.00. The van der Waals surface area contributed by atoms with Gasteiger partial charge in [-0.2, -0.15) is 0 Å². The molecule has 7 heteroatoms. The standard InChI is InChI=1S/C17H18N2O4S/c1-4-8-23-14-7-6-12(10-15(14)22-5-2)9-13-16(21)18-17(24)19(13)11(3)20/h4,6-7,9-10H,1,5,8H2,2-3H3,(H,18,21,24)/b13-9+. The zero-order valence-electron chi connectivity index (χ0n) is 13.5. The second-order valence-corrected chi connectivity index (χ2v) is 5.27. The highest BCUT2D eigenvalue weighted by molar-refractivity contribution is 7.80. The van der Waals surface area contributed by atoms with E-state index in [4.69, 9.17) is 21.7 Å². The van der Waals surface area contributed by atoms with E-state index in [2.05, 4.69) is 11.9 Å². The number of thiocarbonyl (C=S) groups is 1. The van der Waals surface area contributed by atoms with E-state index in [9.17, 15) is 9.59 Å². The number of hydrogen-bond donors (Lipinski definition) is 1. The van der Waals surface area contributed by atoms with Gasteiger partial charge in [-0.15, -0.1) is 0 Å². The molecule has 0 spiro atoms. The largest absolute Gasteiger partial charge is 0.490 e. The van der Waals surface area contributed by atoms with Gasteiger partial charge in [0.05, 0.1) is 6.61 Å². The summed E-state index contributed by atoms with van der Waals surface area (Å²) < 4.78 is 11.1. The Labute approximate surface area is 145 Å². The van der Waals surface area contributed by atoms with Crippen LogP contribution in [0.5, 0.6) is 11.5 Å². The molecule has 0 atom stereocenters. The predicted octanol–water partition coefficient (Wildman–Crippen LogP) is 2.25. The van der Waals surface area contributed by atoms with E-state index in [1.165, 1.54) is 11.8 Å². The smallest absolute Gasteiger partial charge is 0.274 e. The fraction of sp³-hybridized carbons (Fsp3) is 0.235. The SMILES string of the molecule is C=CCOc1ccc(/C=C2\C(=O)NC(=S)N2C(C)=O)cc1OCC. The molecule has 0 bridgehead atoms. The van der Waals surface area contributed by atoms with Crippen molar-refractivity contribution in [1.82, 2.24) is 10.2 Å². The molecule has 1 N–H and O–H groups in total. The van der Waals surface area contributed by atoms with Crippen LogP contribution in [0.1, 0.15) is 19.4 Å². The number of nitrogens with one attached hydrogen (secondary N) is 1. The minimum absolute atomic E-state index is 0.0784. The normalized spacial score (nSPS) is 15.4. The Hall–Kier alpha value is -2.67. The first kappa shape index (κ1) is 17.7. The number of benzene rings is 1. The van der Waals surface area contributed by atoms with E-state index >= 15 is 0 Å². The predicted molar refractivity (Wildman–Crippen MR) is 94.5 cm³/mol. The maximum atomic E-state index is 12.0. The van der Waals surface area contributed by atoms with Gasteiger partial charge in [-0.1, -0.05) is 18.7 Å². The molecule has 2 amide bonds. The lowest BCUT2D eigenvalue weighted by Gasteiger charge is -2.14. The summed E-state index contributed by atoms with van der Waals surface area (Å²) in [4.78, 5) is 24.9. The number of hydrogen-bond acceptors (Lipinski definition) is 5. The lowest BCUT2D eigenvalue weighted by Crippen LogP contribution is -2.31. The molecule has 1 saturated heterocycles. The summed E-state index contributed by atoms with van der Waals surface area (Å²) in [7, 11) is 0. The van der Waals surface area contributed by atoms with Gasteiger partial charge >= 0.3 is 0 Å². The van der Waals surface area contributed by atoms with Gasteiger partial charge in [0.25, 0.3) is 5.91 Å². The van der Waals surface area contributed by atoms with E-state index in [0.29, 0.717) is 30.3 Å². The monoisotopic (exact) mass is 346 g/mol. The van der Waals surface area contributed by atoms with Crippen LogP contribution in [0.15, 0.2) is 36.6 Å². The molecule has 1 heterocycles. The van der Waals surface area contributed by atoms with Crippen LogP contribution in [0.2, 0.25) is 0 Å². The van der Waals surface area contributed by atoms with Gasteiger partial charge in [0.15, 0.2) is 16.6 Å². The van der Waals surface area contributed by atoms with Crippen molar-refractivity contribution in [3.63, 3.8) is 0 Å². The summed E-state index contributed by atoms with van der Waals surface area (Å²) in [5.41, 5.74) is 0.861. The van der Waals surface area contributed by atoms with E-state index in [-0.39, 0.29) is 16.7 Å². The summed E-state index contributed by atoms with van der Waals surface area (Å²) in [5, 5.41) is 2.54. The summed E-state index contributed by atoms with van der Waals surface area (Å²) in [6.45, 7) is 7.64. The Bertz CT molecular complexity index is 727. The van der Waals surface area contributed by atoms with Crippen molar-refractivity contribution in [3.8, 4) is 11.5 Å². The third-order valence-corrected chi connectivity index (χ3v) is 3.42. The molecular weight excluding hydrogens is 328 g/mol. The Kier molecular flexibility index (Phi) is 5.70. The third-order valence-electron chi connectivity index (χ3n) is 3.14. The lowest BCUT2D eigenvalue weighted by atomic mass is 10.1. The Balaban J connectivity index is 2.39. The maximum absolute atomic E-state index is 12.0. The molecule has 0 saturated carbocycles. The van der Waals surface area contributed by atoms with E-state index in [1.54, 1.807) is 30.4 Å².